The molecule has 1 aromatic carbocycles. The van der Waals surface area contributed by atoms with Crippen molar-refractivity contribution < 1.29 is 9.50 Å². The fourth-order valence-corrected chi connectivity index (χ4v) is 1.52. The van der Waals surface area contributed by atoms with Gasteiger partial charge in [0, 0.05) is 0 Å². The van der Waals surface area contributed by atoms with Crippen LogP contribution in [0.1, 0.15) is 38.4 Å². The highest BCUT2D eigenvalue weighted by molar-refractivity contribution is 6.30. The van der Waals surface area contributed by atoms with E-state index in [1.807, 2.05) is 0 Å². The number of rotatable bonds is 4. The van der Waals surface area contributed by atoms with Crippen molar-refractivity contribution in [2.75, 3.05) is 0 Å². The third-order valence-electron chi connectivity index (χ3n) is 2.65. The fourth-order valence-electron chi connectivity index (χ4n) is 1.40. The Balaban J connectivity index is 2.73. The van der Waals surface area contributed by atoms with E-state index in [1.165, 1.54) is 12.1 Å². The molecule has 0 aliphatic rings. The first-order chi connectivity index (χ1) is 7.04. The molecule has 1 N–H and O–H groups in total. The zero-order valence-corrected chi connectivity index (χ0v) is 9.76. The van der Waals surface area contributed by atoms with Gasteiger partial charge in [0.05, 0.1) is 11.1 Å². The molecule has 3 heteroatoms. The number of halogens is 2. The molecule has 0 aliphatic carbocycles. The first kappa shape index (κ1) is 12.5. The van der Waals surface area contributed by atoms with Gasteiger partial charge in [-0.3, -0.25) is 0 Å². The Hall–Kier alpha value is -0.600. The molecule has 0 spiro atoms. The zero-order valence-electron chi connectivity index (χ0n) is 9.00. The van der Waals surface area contributed by atoms with Crippen LogP contribution >= 0.6 is 11.6 Å². The van der Waals surface area contributed by atoms with Crippen molar-refractivity contribution in [1.29, 1.82) is 0 Å². The molecule has 0 aliphatic heterocycles. The van der Waals surface area contributed by atoms with Crippen molar-refractivity contribution >= 4 is 11.6 Å². The van der Waals surface area contributed by atoms with E-state index >= 15 is 0 Å². The predicted molar refractivity (Wildman–Crippen MR) is 60.4 cm³/mol. The highest BCUT2D eigenvalue weighted by Gasteiger charge is 2.12. The molecule has 1 rings (SSSR count). The van der Waals surface area contributed by atoms with Crippen LogP contribution in [-0.2, 0) is 0 Å². The van der Waals surface area contributed by atoms with E-state index in [1.54, 1.807) is 6.07 Å². The van der Waals surface area contributed by atoms with Crippen molar-refractivity contribution in [3.63, 3.8) is 0 Å². The Bertz CT molecular complexity index is 327. The Morgan fingerprint density at radius 2 is 2.13 bits per heavy atom. The van der Waals surface area contributed by atoms with Crippen LogP contribution in [0.2, 0.25) is 5.02 Å². The van der Waals surface area contributed by atoms with Crippen LogP contribution < -0.4 is 0 Å². The third-order valence-corrected chi connectivity index (χ3v) is 2.96. The summed E-state index contributed by atoms with van der Waals surface area (Å²) in [6.45, 7) is 4.13. The van der Waals surface area contributed by atoms with Crippen LogP contribution in [0.15, 0.2) is 18.2 Å². The van der Waals surface area contributed by atoms with Crippen molar-refractivity contribution in [3.05, 3.63) is 34.6 Å². The van der Waals surface area contributed by atoms with Crippen LogP contribution in [0.25, 0.3) is 0 Å². The fraction of sp³-hybridized carbons (Fsp3) is 0.500. The first-order valence-corrected chi connectivity index (χ1v) is 5.55. The summed E-state index contributed by atoms with van der Waals surface area (Å²) in [5.41, 5.74) is 0.595. The summed E-state index contributed by atoms with van der Waals surface area (Å²) < 4.78 is 13.1. The molecule has 0 fully saturated rings. The molecule has 84 valence electrons. The lowest BCUT2D eigenvalue weighted by molar-refractivity contribution is 0.146. The van der Waals surface area contributed by atoms with E-state index in [4.69, 9.17) is 11.6 Å². The molecule has 2 unspecified atom stereocenters. The number of aliphatic hydroxyl groups is 1. The Kier molecular flexibility index (Phi) is 4.55. The van der Waals surface area contributed by atoms with Gasteiger partial charge in [-0.1, -0.05) is 37.9 Å². The summed E-state index contributed by atoms with van der Waals surface area (Å²) in [5.74, 6) is -0.0453. The average molecular weight is 231 g/mol. The predicted octanol–water partition coefficient (Wildman–Crippen LogP) is 3.95. The number of hydrogen-bond acceptors (Lipinski definition) is 1. The normalized spacial score (nSPS) is 15.0. The van der Waals surface area contributed by atoms with Gasteiger partial charge < -0.3 is 5.11 Å². The SMILES string of the molecule is CCC(C)CC(O)c1ccc(Cl)c(F)c1. The minimum absolute atomic E-state index is 0.0921. The molecule has 0 saturated heterocycles. The van der Waals surface area contributed by atoms with Crippen LogP contribution in [-0.4, -0.2) is 5.11 Å². The van der Waals surface area contributed by atoms with Gasteiger partial charge in [0.15, 0.2) is 0 Å². The molecule has 0 radical (unpaired) electrons. The second-order valence-corrected chi connectivity index (χ2v) is 4.35. The first-order valence-electron chi connectivity index (χ1n) is 5.17. The summed E-state index contributed by atoms with van der Waals surface area (Å²) in [6, 6.07) is 4.44. The van der Waals surface area contributed by atoms with E-state index in [0.717, 1.165) is 6.42 Å². The van der Waals surface area contributed by atoms with Gasteiger partial charge in [-0.25, -0.2) is 4.39 Å². The standard InChI is InChI=1S/C12H16ClFO/c1-3-8(2)6-12(15)9-4-5-10(13)11(14)7-9/h4-5,7-8,12,15H,3,6H2,1-2H3. The molecule has 2 atom stereocenters. The van der Waals surface area contributed by atoms with Gasteiger partial charge in [0.2, 0.25) is 0 Å². The van der Waals surface area contributed by atoms with Crippen molar-refractivity contribution in [3.8, 4) is 0 Å². The summed E-state index contributed by atoms with van der Waals surface area (Å²) in [4.78, 5) is 0. The zero-order chi connectivity index (χ0) is 11.4. The quantitative estimate of drug-likeness (QED) is 0.831. The number of hydrogen-bond donors (Lipinski definition) is 1. The van der Waals surface area contributed by atoms with E-state index in [0.29, 0.717) is 17.9 Å². The van der Waals surface area contributed by atoms with Gasteiger partial charge >= 0.3 is 0 Å². The van der Waals surface area contributed by atoms with Gasteiger partial charge in [0.1, 0.15) is 5.82 Å². The van der Waals surface area contributed by atoms with Crippen LogP contribution in [0, 0.1) is 11.7 Å². The topological polar surface area (TPSA) is 20.2 Å². The lowest BCUT2D eigenvalue weighted by Crippen LogP contribution is -2.04. The summed E-state index contributed by atoms with van der Waals surface area (Å²) in [7, 11) is 0. The van der Waals surface area contributed by atoms with E-state index in [-0.39, 0.29) is 5.02 Å². The number of benzene rings is 1. The van der Waals surface area contributed by atoms with E-state index in [9.17, 15) is 9.50 Å². The molecular weight excluding hydrogens is 215 g/mol. The van der Waals surface area contributed by atoms with Gasteiger partial charge in [-0.05, 0) is 30.0 Å². The van der Waals surface area contributed by atoms with Crippen LogP contribution in [0.3, 0.4) is 0 Å². The number of aliphatic hydroxyl groups excluding tert-OH is 1. The summed E-state index contributed by atoms with van der Waals surface area (Å²) >= 11 is 5.56. The summed E-state index contributed by atoms with van der Waals surface area (Å²) in [6.07, 6.45) is 1.05. The molecule has 15 heavy (non-hydrogen) atoms. The molecule has 1 aromatic rings. The van der Waals surface area contributed by atoms with Crippen molar-refractivity contribution in [2.45, 2.75) is 32.8 Å². The monoisotopic (exact) mass is 230 g/mol. The highest BCUT2D eigenvalue weighted by Crippen LogP contribution is 2.25. The smallest absolute Gasteiger partial charge is 0.142 e. The lowest BCUT2D eigenvalue weighted by atomic mass is 9.96. The summed E-state index contributed by atoms with van der Waals surface area (Å²) in [5, 5.41) is 9.92. The third kappa shape index (κ3) is 3.47. The average Bonchev–Trinajstić information content (AvgIpc) is 2.21. The largest absolute Gasteiger partial charge is 0.388 e. The van der Waals surface area contributed by atoms with E-state index in [2.05, 4.69) is 13.8 Å². The molecule has 0 heterocycles. The Morgan fingerprint density at radius 3 is 2.67 bits per heavy atom. The molecule has 0 amide bonds. The molecule has 1 nitrogen and oxygen atoms in total. The van der Waals surface area contributed by atoms with Gasteiger partial charge in [0.25, 0.3) is 0 Å². The Labute approximate surface area is 94.9 Å². The maximum Gasteiger partial charge on any atom is 0.142 e. The highest BCUT2D eigenvalue weighted by atomic mass is 35.5. The molecular formula is C12H16ClFO. The second kappa shape index (κ2) is 5.47. The maximum absolute atomic E-state index is 13.1. The molecule has 0 bridgehead atoms. The van der Waals surface area contributed by atoms with E-state index < -0.39 is 11.9 Å². The maximum atomic E-state index is 13.1. The van der Waals surface area contributed by atoms with Crippen LogP contribution in [0.5, 0.6) is 0 Å². The van der Waals surface area contributed by atoms with Gasteiger partial charge in [-0.15, -0.1) is 0 Å². The van der Waals surface area contributed by atoms with Crippen molar-refractivity contribution in [1.82, 2.24) is 0 Å². The Morgan fingerprint density at radius 1 is 1.47 bits per heavy atom. The second-order valence-electron chi connectivity index (χ2n) is 3.94. The molecule has 0 saturated carbocycles. The van der Waals surface area contributed by atoms with Crippen LogP contribution in [0.4, 0.5) is 4.39 Å². The van der Waals surface area contributed by atoms with Crippen molar-refractivity contribution in [2.24, 2.45) is 5.92 Å². The minimum Gasteiger partial charge on any atom is -0.388 e. The van der Waals surface area contributed by atoms with Gasteiger partial charge in [-0.2, -0.15) is 0 Å². The lowest BCUT2D eigenvalue weighted by Gasteiger charge is -2.15. The molecule has 0 aromatic heterocycles. The minimum atomic E-state index is -0.605.